The quantitative estimate of drug-likeness (QED) is 0.775. The molecule has 1 saturated heterocycles. The molecule has 2 nitrogen and oxygen atoms in total. The molecule has 1 aliphatic heterocycles. The second-order valence-electron chi connectivity index (χ2n) is 7.56. The van der Waals surface area contributed by atoms with Crippen LogP contribution in [-0.4, -0.2) is 24.5 Å². The number of nitrogens with zero attached hydrogens (tertiary/aromatic N) is 1. The minimum Gasteiger partial charge on any atom is -0.466 e. The van der Waals surface area contributed by atoms with Crippen molar-refractivity contribution >= 4 is 6.08 Å². The van der Waals surface area contributed by atoms with Gasteiger partial charge in [0.2, 0.25) is 0 Å². The van der Waals surface area contributed by atoms with Gasteiger partial charge in [-0.1, -0.05) is 43.3 Å². The van der Waals surface area contributed by atoms with Crippen LogP contribution in [0.25, 0.3) is 6.08 Å². The van der Waals surface area contributed by atoms with Crippen molar-refractivity contribution in [2.45, 2.75) is 44.4 Å². The van der Waals surface area contributed by atoms with Crippen molar-refractivity contribution < 1.29 is 4.42 Å². The van der Waals surface area contributed by atoms with Gasteiger partial charge in [-0.05, 0) is 69.1 Å². The van der Waals surface area contributed by atoms with E-state index in [1.165, 1.54) is 44.5 Å². The molecule has 0 bridgehead atoms. The highest BCUT2D eigenvalue weighted by molar-refractivity contribution is 5.65. The normalized spacial score (nSPS) is 20.4. The smallest absolute Gasteiger partial charge is 0.107 e. The lowest BCUT2D eigenvalue weighted by Crippen LogP contribution is -2.41. The summed E-state index contributed by atoms with van der Waals surface area (Å²) in [5.74, 6) is 2.65. The van der Waals surface area contributed by atoms with Gasteiger partial charge in [0.05, 0.1) is 0 Å². The second kappa shape index (κ2) is 6.25. The first-order valence-corrected chi connectivity index (χ1v) is 9.24. The Morgan fingerprint density at radius 3 is 2.67 bits per heavy atom. The molecule has 1 atom stereocenters. The summed E-state index contributed by atoms with van der Waals surface area (Å²) in [6.45, 7) is 7.86. The van der Waals surface area contributed by atoms with Crippen LogP contribution in [0, 0.1) is 6.92 Å². The summed E-state index contributed by atoms with van der Waals surface area (Å²) >= 11 is 0. The first-order valence-electron chi connectivity index (χ1n) is 9.24. The van der Waals surface area contributed by atoms with Gasteiger partial charge >= 0.3 is 0 Å². The van der Waals surface area contributed by atoms with Crippen molar-refractivity contribution in [1.82, 2.24) is 4.90 Å². The van der Waals surface area contributed by atoms with Crippen LogP contribution >= 0.6 is 0 Å². The predicted molar refractivity (Wildman–Crippen MR) is 99.3 cm³/mol. The molecule has 1 spiro atoms. The van der Waals surface area contributed by atoms with Crippen molar-refractivity contribution in [2.24, 2.45) is 0 Å². The summed E-state index contributed by atoms with van der Waals surface area (Å²) in [7, 11) is 0. The molecule has 1 fully saturated rings. The second-order valence-corrected chi connectivity index (χ2v) is 7.56. The molecule has 1 aromatic heterocycles. The van der Waals surface area contributed by atoms with Gasteiger partial charge in [-0.3, -0.25) is 0 Å². The van der Waals surface area contributed by atoms with Gasteiger partial charge in [0.25, 0.3) is 0 Å². The third kappa shape index (κ3) is 2.84. The number of fused-ring (bicyclic) bond motifs is 2. The van der Waals surface area contributed by atoms with E-state index in [9.17, 15) is 0 Å². The van der Waals surface area contributed by atoms with Crippen LogP contribution in [0.5, 0.6) is 0 Å². The van der Waals surface area contributed by atoms with E-state index in [1.54, 1.807) is 5.56 Å². The average molecular weight is 321 g/mol. The van der Waals surface area contributed by atoms with E-state index in [4.69, 9.17) is 4.42 Å². The van der Waals surface area contributed by atoms with Crippen LogP contribution in [0.2, 0.25) is 0 Å². The Hall–Kier alpha value is -1.80. The van der Waals surface area contributed by atoms with E-state index in [0.717, 1.165) is 11.5 Å². The lowest BCUT2D eigenvalue weighted by Gasteiger charge is -2.39. The van der Waals surface area contributed by atoms with E-state index in [0.29, 0.717) is 11.3 Å². The van der Waals surface area contributed by atoms with E-state index < -0.39 is 0 Å². The summed E-state index contributed by atoms with van der Waals surface area (Å²) in [5, 5.41) is 0. The maximum Gasteiger partial charge on any atom is 0.107 e. The molecule has 126 valence electrons. The molecule has 0 amide bonds. The molecule has 2 aromatic rings. The molecule has 2 aliphatic rings. The number of aryl methyl sites for hydroxylation is 1. The van der Waals surface area contributed by atoms with E-state index in [-0.39, 0.29) is 0 Å². The van der Waals surface area contributed by atoms with Gasteiger partial charge in [-0.2, -0.15) is 0 Å². The van der Waals surface area contributed by atoms with Crippen LogP contribution in [0.4, 0.5) is 0 Å². The molecule has 1 aromatic carbocycles. The molecule has 2 heterocycles. The van der Waals surface area contributed by atoms with Crippen LogP contribution in [0.15, 0.2) is 46.9 Å². The Labute approximate surface area is 145 Å². The van der Waals surface area contributed by atoms with Crippen LogP contribution in [-0.2, 0) is 5.41 Å². The summed E-state index contributed by atoms with van der Waals surface area (Å²) < 4.78 is 5.77. The summed E-state index contributed by atoms with van der Waals surface area (Å²) in [4.78, 5) is 2.63. The molecule has 1 aliphatic carbocycles. The monoisotopic (exact) mass is 321 g/mol. The first kappa shape index (κ1) is 15.7. The summed E-state index contributed by atoms with van der Waals surface area (Å²) in [6, 6.07) is 13.1. The van der Waals surface area contributed by atoms with Crippen molar-refractivity contribution in [3.63, 3.8) is 0 Å². The number of piperidine rings is 1. The van der Waals surface area contributed by atoms with Gasteiger partial charge < -0.3 is 9.32 Å². The zero-order valence-electron chi connectivity index (χ0n) is 14.8. The fourth-order valence-corrected chi connectivity index (χ4v) is 4.28. The lowest BCUT2D eigenvalue weighted by molar-refractivity contribution is 0.178. The van der Waals surface area contributed by atoms with Crippen LogP contribution in [0.1, 0.15) is 54.8 Å². The van der Waals surface area contributed by atoms with Crippen LogP contribution in [0.3, 0.4) is 0 Å². The maximum absolute atomic E-state index is 5.77. The Bertz CT molecular complexity index is 734. The van der Waals surface area contributed by atoms with Crippen molar-refractivity contribution in [2.75, 3.05) is 19.6 Å². The standard InChI is InChI=1S/C22H27NO/c1-17(21-8-7-18(2)24-21)10-14-23-15-12-22(13-16-23)11-9-19-5-3-4-6-20(19)22/h3-9,11,17H,10,12-16H2,1-2H3/t17-/m1/s1. The first-order chi connectivity index (χ1) is 11.7. The topological polar surface area (TPSA) is 16.4 Å². The van der Waals surface area contributed by atoms with Gasteiger partial charge in [0, 0.05) is 11.3 Å². The molecular weight excluding hydrogens is 294 g/mol. The summed E-state index contributed by atoms with van der Waals surface area (Å²) in [5.41, 5.74) is 3.27. The van der Waals surface area contributed by atoms with Crippen molar-refractivity contribution in [1.29, 1.82) is 0 Å². The van der Waals surface area contributed by atoms with E-state index in [2.05, 4.69) is 60.4 Å². The number of furan rings is 1. The zero-order valence-corrected chi connectivity index (χ0v) is 14.8. The van der Waals surface area contributed by atoms with E-state index in [1.807, 2.05) is 6.92 Å². The van der Waals surface area contributed by atoms with Gasteiger partial charge in [0.15, 0.2) is 0 Å². The number of benzene rings is 1. The number of likely N-dealkylation sites (tertiary alicyclic amines) is 1. The van der Waals surface area contributed by atoms with E-state index >= 15 is 0 Å². The highest BCUT2D eigenvalue weighted by atomic mass is 16.3. The fraction of sp³-hybridized carbons (Fsp3) is 0.455. The highest BCUT2D eigenvalue weighted by Gasteiger charge is 2.37. The van der Waals surface area contributed by atoms with Crippen molar-refractivity contribution in [3.05, 3.63) is 65.1 Å². The minimum absolute atomic E-state index is 0.302. The molecule has 2 heteroatoms. The third-order valence-corrected chi connectivity index (χ3v) is 5.95. The van der Waals surface area contributed by atoms with Gasteiger partial charge in [-0.25, -0.2) is 0 Å². The molecule has 0 saturated carbocycles. The predicted octanol–water partition coefficient (Wildman–Crippen LogP) is 5.14. The number of hydrogen-bond donors (Lipinski definition) is 0. The Balaban J connectivity index is 1.33. The van der Waals surface area contributed by atoms with Gasteiger partial charge in [-0.15, -0.1) is 0 Å². The Morgan fingerprint density at radius 2 is 1.92 bits per heavy atom. The third-order valence-electron chi connectivity index (χ3n) is 5.95. The van der Waals surface area contributed by atoms with Crippen LogP contribution < -0.4 is 0 Å². The van der Waals surface area contributed by atoms with Crippen molar-refractivity contribution in [3.8, 4) is 0 Å². The molecule has 0 unspecified atom stereocenters. The lowest BCUT2D eigenvalue weighted by atomic mass is 9.74. The minimum atomic E-state index is 0.302. The zero-order chi connectivity index (χ0) is 16.6. The summed E-state index contributed by atoms with van der Waals surface area (Å²) in [6.07, 6.45) is 8.45. The Morgan fingerprint density at radius 1 is 1.12 bits per heavy atom. The molecule has 4 rings (SSSR count). The maximum atomic E-state index is 5.77. The number of hydrogen-bond acceptors (Lipinski definition) is 2. The Kier molecular flexibility index (Phi) is 4.09. The largest absolute Gasteiger partial charge is 0.466 e. The average Bonchev–Trinajstić information content (AvgIpc) is 3.20. The SMILES string of the molecule is Cc1ccc([C@H](C)CCN2CCC3(C=Cc4ccccc43)CC2)o1. The molecule has 24 heavy (non-hydrogen) atoms. The van der Waals surface area contributed by atoms with Gasteiger partial charge in [0.1, 0.15) is 11.5 Å². The number of rotatable bonds is 4. The highest BCUT2D eigenvalue weighted by Crippen LogP contribution is 2.43. The fourth-order valence-electron chi connectivity index (χ4n) is 4.28. The molecule has 0 radical (unpaired) electrons. The molecule has 0 N–H and O–H groups in total. The number of allylic oxidation sites excluding steroid dienone is 1. The molecular formula is C22H27NO.